The zero-order valence-electron chi connectivity index (χ0n) is 20.1. The molecule has 35 heavy (non-hydrogen) atoms. The molecule has 5 heterocycles. The van der Waals surface area contributed by atoms with Gasteiger partial charge in [0, 0.05) is 44.8 Å². The second-order valence-corrected chi connectivity index (χ2v) is 11.0. The molecule has 1 unspecified atom stereocenters. The molecule has 5 aliphatic rings. The highest BCUT2D eigenvalue weighted by atomic mass is 16.2. The highest BCUT2D eigenvalue weighted by Gasteiger charge is 2.45. The quantitative estimate of drug-likeness (QED) is 0.621. The van der Waals surface area contributed by atoms with Crippen LogP contribution in [-0.2, 0) is 9.59 Å². The van der Waals surface area contributed by atoms with Crippen molar-refractivity contribution in [2.75, 3.05) is 50.7 Å². The number of rotatable bonds is 4. The Balaban J connectivity index is 1.10. The molecule has 186 valence electrons. The molecule has 0 aromatic heterocycles. The molecule has 0 radical (unpaired) electrons. The number of anilines is 1. The van der Waals surface area contributed by atoms with E-state index in [-0.39, 0.29) is 18.7 Å². The van der Waals surface area contributed by atoms with Gasteiger partial charge in [-0.1, -0.05) is 0 Å². The van der Waals surface area contributed by atoms with Crippen LogP contribution in [0.3, 0.4) is 0 Å². The van der Waals surface area contributed by atoms with Crippen LogP contribution in [0.25, 0.3) is 0 Å². The van der Waals surface area contributed by atoms with Gasteiger partial charge in [0.1, 0.15) is 6.04 Å². The molecular weight excluding hydrogens is 446 g/mol. The number of amides is 4. The van der Waals surface area contributed by atoms with Crippen molar-refractivity contribution in [3.8, 4) is 0 Å². The summed E-state index contributed by atoms with van der Waals surface area (Å²) in [5.41, 5.74) is 2.08. The van der Waals surface area contributed by atoms with E-state index in [2.05, 4.69) is 20.4 Å². The van der Waals surface area contributed by atoms with E-state index in [0.717, 1.165) is 55.5 Å². The predicted molar refractivity (Wildman–Crippen MR) is 129 cm³/mol. The molecule has 4 fully saturated rings. The summed E-state index contributed by atoms with van der Waals surface area (Å²) in [6.45, 7) is 7.85. The molecule has 1 aromatic rings. The van der Waals surface area contributed by atoms with E-state index >= 15 is 0 Å². The summed E-state index contributed by atoms with van der Waals surface area (Å²) in [6, 6.07) is 4.53. The van der Waals surface area contributed by atoms with Crippen LogP contribution in [0.15, 0.2) is 18.2 Å². The highest BCUT2D eigenvalue weighted by Crippen LogP contribution is 2.42. The molecule has 0 bridgehead atoms. The fourth-order valence-electron chi connectivity index (χ4n) is 6.45. The molecule has 6 rings (SSSR count). The summed E-state index contributed by atoms with van der Waals surface area (Å²) in [5.74, 6) is -1.01. The maximum absolute atomic E-state index is 13.2. The topological polar surface area (TPSA) is 102 Å². The average Bonchev–Trinajstić information content (AvgIpc) is 3.08. The lowest BCUT2D eigenvalue weighted by Gasteiger charge is -2.48. The summed E-state index contributed by atoms with van der Waals surface area (Å²) in [7, 11) is 0. The van der Waals surface area contributed by atoms with Crippen molar-refractivity contribution in [2.45, 2.75) is 44.6 Å². The second-order valence-electron chi connectivity index (χ2n) is 11.0. The third-order valence-corrected chi connectivity index (χ3v) is 8.91. The highest BCUT2D eigenvalue weighted by molar-refractivity contribution is 6.23. The van der Waals surface area contributed by atoms with E-state index in [4.69, 9.17) is 0 Å². The van der Waals surface area contributed by atoms with Gasteiger partial charge in [0.2, 0.25) is 11.8 Å². The zero-order chi connectivity index (χ0) is 24.2. The van der Waals surface area contributed by atoms with E-state index in [1.54, 1.807) is 6.07 Å². The number of likely N-dealkylation sites (tertiary alicyclic amines) is 1. The van der Waals surface area contributed by atoms with Crippen LogP contribution in [-0.4, -0.2) is 85.3 Å². The molecule has 4 saturated heterocycles. The first kappa shape index (κ1) is 22.7. The Bertz CT molecular complexity index is 1070. The lowest BCUT2D eigenvalue weighted by Crippen LogP contribution is -2.54. The number of hydrogen-bond donors (Lipinski definition) is 2. The molecule has 1 atom stereocenters. The first-order chi connectivity index (χ1) is 16.9. The van der Waals surface area contributed by atoms with Gasteiger partial charge in [0.25, 0.3) is 11.8 Å². The van der Waals surface area contributed by atoms with Crippen molar-refractivity contribution in [3.05, 3.63) is 29.3 Å². The number of hydrogen-bond acceptors (Lipinski definition) is 7. The molecular formula is C26H33N5O4. The average molecular weight is 480 g/mol. The summed E-state index contributed by atoms with van der Waals surface area (Å²) < 4.78 is 0. The van der Waals surface area contributed by atoms with Gasteiger partial charge >= 0.3 is 0 Å². The fraction of sp³-hybridized carbons (Fsp3) is 0.615. The maximum atomic E-state index is 13.2. The smallest absolute Gasteiger partial charge is 0.262 e. The fourth-order valence-corrected chi connectivity index (χ4v) is 6.45. The molecule has 1 aromatic carbocycles. The van der Waals surface area contributed by atoms with Gasteiger partial charge in [0.05, 0.1) is 11.1 Å². The van der Waals surface area contributed by atoms with Crippen LogP contribution >= 0.6 is 0 Å². The van der Waals surface area contributed by atoms with E-state index < -0.39 is 23.8 Å². The third-order valence-electron chi connectivity index (χ3n) is 8.91. The van der Waals surface area contributed by atoms with E-state index in [9.17, 15) is 19.2 Å². The number of imide groups is 2. The largest absolute Gasteiger partial charge is 0.371 e. The number of fused-ring (bicyclic) bond motifs is 1. The van der Waals surface area contributed by atoms with Crippen LogP contribution in [0.1, 0.15) is 59.2 Å². The van der Waals surface area contributed by atoms with Gasteiger partial charge in [-0.2, -0.15) is 0 Å². The Hall–Kier alpha value is -2.78. The van der Waals surface area contributed by atoms with E-state index in [1.165, 1.54) is 32.5 Å². The van der Waals surface area contributed by atoms with Crippen molar-refractivity contribution in [1.82, 2.24) is 20.4 Å². The Morgan fingerprint density at radius 1 is 0.886 bits per heavy atom. The Kier molecular flexibility index (Phi) is 5.64. The van der Waals surface area contributed by atoms with Crippen LogP contribution in [0.5, 0.6) is 0 Å². The summed E-state index contributed by atoms with van der Waals surface area (Å²) in [6.07, 6.45) is 5.13. The summed E-state index contributed by atoms with van der Waals surface area (Å²) >= 11 is 0. The molecule has 0 aliphatic carbocycles. The van der Waals surface area contributed by atoms with Gasteiger partial charge in [0.15, 0.2) is 0 Å². The monoisotopic (exact) mass is 479 g/mol. The zero-order valence-corrected chi connectivity index (χ0v) is 20.1. The van der Waals surface area contributed by atoms with Crippen LogP contribution < -0.4 is 15.5 Å². The summed E-state index contributed by atoms with van der Waals surface area (Å²) in [4.78, 5) is 55.9. The van der Waals surface area contributed by atoms with Crippen LogP contribution in [0.2, 0.25) is 0 Å². The van der Waals surface area contributed by atoms with Crippen molar-refractivity contribution < 1.29 is 19.2 Å². The molecule has 5 aliphatic heterocycles. The van der Waals surface area contributed by atoms with Crippen LogP contribution in [0, 0.1) is 11.3 Å². The molecule has 9 nitrogen and oxygen atoms in total. The minimum Gasteiger partial charge on any atom is -0.371 e. The standard InChI is InChI=1S/C26H33N5O4/c32-22-4-3-21(23(33)28-22)31-24(34)19-2-1-18(13-20(19)25(31)35)30-11-7-26(8-12-30)5-9-29(10-6-26)16-17-14-27-15-17/h1-2,13,17,21,27H,3-12,14-16H2,(H,28,32,33). The SMILES string of the molecule is O=C1CCC(N2C(=O)c3ccc(N4CCC5(CCN(CC6CNC6)CC5)CC4)cc3C2=O)C(=O)N1. The Morgan fingerprint density at radius 2 is 1.57 bits per heavy atom. The minimum absolute atomic E-state index is 0.125. The van der Waals surface area contributed by atoms with Gasteiger partial charge in [-0.15, -0.1) is 0 Å². The number of benzene rings is 1. The lowest BCUT2D eigenvalue weighted by atomic mass is 9.71. The van der Waals surface area contributed by atoms with E-state index in [0.29, 0.717) is 16.5 Å². The van der Waals surface area contributed by atoms with Gasteiger partial charge in [-0.05, 0) is 74.7 Å². The number of nitrogens with zero attached hydrogens (tertiary/aromatic N) is 3. The first-order valence-corrected chi connectivity index (χ1v) is 13.0. The van der Waals surface area contributed by atoms with Gasteiger partial charge < -0.3 is 15.1 Å². The Morgan fingerprint density at radius 3 is 2.23 bits per heavy atom. The van der Waals surface area contributed by atoms with Gasteiger partial charge in [-0.25, -0.2) is 0 Å². The number of carbonyl (C=O) groups is 4. The van der Waals surface area contributed by atoms with E-state index in [1.807, 2.05) is 12.1 Å². The lowest BCUT2D eigenvalue weighted by molar-refractivity contribution is -0.136. The Labute approximate surface area is 205 Å². The first-order valence-electron chi connectivity index (χ1n) is 13.0. The number of piperidine rings is 3. The molecule has 4 amide bonds. The van der Waals surface area contributed by atoms with Crippen LogP contribution in [0.4, 0.5) is 5.69 Å². The normalized spacial score (nSPS) is 27.3. The minimum atomic E-state index is -0.926. The van der Waals surface area contributed by atoms with Crippen molar-refractivity contribution in [3.63, 3.8) is 0 Å². The predicted octanol–water partition coefficient (Wildman–Crippen LogP) is 0.990. The van der Waals surface area contributed by atoms with Crippen molar-refractivity contribution >= 4 is 29.3 Å². The number of nitrogens with one attached hydrogen (secondary N) is 2. The second kappa shape index (κ2) is 8.71. The molecule has 2 N–H and O–H groups in total. The molecule has 9 heteroatoms. The third kappa shape index (κ3) is 4.04. The molecule has 1 spiro atoms. The summed E-state index contributed by atoms with van der Waals surface area (Å²) in [5, 5.41) is 5.61. The van der Waals surface area contributed by atoms with Gasteiger partial charge in [-0.3, -0.25) is 29.4 Å². The van der Waals surface area contributed by atoms with Crippen molar-refractivity contribution in [1.29, 1.82) is 0 Å². The van der Waals surface area contributed by atoms with Crippen molar-refractivity contribution in [2.24, 2.45) is 11.3 Å². The molecule has 0 saturated carbocycles. The maximum Gasteiger partial charge on any atom is 0.262 e. The number of carbonyl (C=O) groups excluding carboxylic acids is 4.